The van der Waals surface area contributed by atoms with Crippen LogP contribution in [0.2, 0.25) is 0 Å². The van der Waals surface area contributed by atoms with Gasteiger partial charge in [0.05, 0.1) is 13.0 Å². The van der Waals surface area contributed by atoms with Crippen molar-refractivity contribution in [3.05, 3.63) is 109 Å². The van der Waals surface area contributed by atoms with Crippen molar-refractivity contribution >= 4 is 17.9 Å². The molecule has 0 radical (unpaired) electrons. The summed E-state index contributed by atoms with van der Waals surface area (Å²) in [5, 5.41) is 32.2. The molecule has 1 heterocycles. The molecule has 0 aromatic rings. The first-order valence-electron chi connectivity index (χ1n) is 28.9. The number of carbonyl (C=O) groups excluding carboxylic acids is 3. The zero-order valence-electron chi connectivity index (χ0n) is 46.3. The van der Waals surface area contributed by atoms with Gasteiger partial charge in [-0.2, -0.15) is 0 Å². The van der Waals surface area contributed by atoms with Gasteiger partial charge in [-0.05, 0) is 83.5 Å². The van der Waals surface area contributed by atoms with E-state index in [0.717, 1.165) is 83.5 Å². The van der Waals surface area contributed by atoms with E-state index in [0.29, 0.717) is 19.3 Å². The summed E-state index contributed by atoms with van der Waals surface area (Å²) in [6.07, 6.45) is 58.2. The number of esters is 3. The molecule has 3 N–H and O–H groups in total. The number of aliphatic hydroxyl groups is 3. The summed E-state index contributed by atoms with van der Waals surface area (Å²) < 4.78 is 28.2. The van der Waals surface area contributed by atoms with Crippen molar-refractivity contribution in [2.24, 2.45) is 0 Å². The molecule has 1 aliphatic rings. The van der Waals surface area contributed by atoms with Crippen molar-refractivity contribution in [3.63, 3.8) is 0 Å². The minimum atomic E-state index is -1.67. The normalized spacial score (nSPS) is 19.1. The number of unbranched alkanes of at least 4 members (excludes halogenated alkanes) is 16. The smallest absolute Gasteiger partial charge is 0.309 e. The first-order valence-corrected chi connectivity index (χ1v) is 28.9. The first-order chi connectivity index (χ1) is 36.2. The fourth-order valence-electron chi connectivity index (χ4n) is 7.95. The number of aliphatic hydroxyl groups excluding tert-OH is 3. The van der Waals surface area contributed by atoms with E-state index in [2.05, 4.69) is 112 Å². The topological polar surface area (TPSA) is 158 Å². The van der Waals surface area contributed by atoms with Crippen LogP contribution in [-0.2, 0) is 38.1 Å². The Balaban J connectivity index is 2.62. The quantitative estimate of drug-likeness (QED) is 0.0231. The standard InChI is InChI=1S/C63H102O11/c1-4-7-10-13-16-19-22-25-28-31-34-37-40-43-46-49-57(64)70-52-55(73-59(66)51-48-45-42-39-36-33-30-27-24-21-18-15-12-9-6-3)53-72-63-62(69)61(68)60(67)56(74-63)54-71-58(65)50-47-44-41-38-35-32-29-26-23-20-17-14-11-8-5-2/h7,9-10,12,16,18-19,21,25,27-28,30,34,36-37,39,43,46,55-56,60-63,67-69H,4-6,8,11,13-15,17,20,22-24,26,29,31-33,35,38,40-42,44-45,47-54H2,1-3H3/b10-7-,12-9-,19-16-,21-18-,28-25-,30-27-,37-34-,39-36-,46-43-/t55?,56-,60+,61+,62-,63-/m1/s1. The largest absolute Gasteiger partial charge is 0.463 e. The van der Waals surface area contributed by atoms with Gasteiger partial charge in [-0.1, -0.05) is 220 Å². The summed E-state index contributed by atoms with van der Waals surface area (Å²) in [5.41, 5.74) is 0. The molecule has 0 aromatic heterocycles. The third-order valence-electron chi connectivity index (χ3n) is 12.4. The maximum Gasteiger partial charge on any atom is 0.309 e. The molecule has 74 heavy (non-hydrogen) atoms. The molecule has 1 aliphatic heterocycles. The van der Waals surface area contributed by atoms with Crippen LogP contribution < -0.4 is 0 Å². The second-order valence-electron chi connectivity index (χ2n) is 19.2. The third-order valence-corrected chi connectivity index (χ3v) is 12.4. The van der Waals surface area contributed by atoms with Gasteiger partial charge in [0.2, 0.25) is 0 Å². The predicted octanol–water partition coefficient (Wildman–Crippen LogP) is 14.6. The van der Waals surface area contributed by atoms with Crippen LogP contribution in [0, 0.1) is 0 Å². The van der Waals surface area contributed by atoms with Crippen LogP contribution in [-0.4, -0.2) is 89.9 Å². The summed E-state index contributed by atoms with van der Waals surface area (Å²) >= 11 is 0. The molecule has 11 nitrogen and oxygen atoms in total. The van der Waals surface area contributed by atoms with Gasteiger partial charge in [0.25, 0.3) is 0 Å². The number of carbonyl (C=O) groups is 3. The molecule has 6 atom stereocenters. The molecule has 0 amide bonds. The lowest BCUT2D eigenvalue weighted by molar-refractivity contribution is -0.305. The van der Waals surface area contributed by atoms with Crippen molar-refractivity contribution in [2.75, 3.05) is 19.8 Å². The predicted molar refractivity (Wildman–Crippen MR) is 302 cm³/mol. The zero-order chi connectivity index (χ0) is 53.8. The van der Waals surface area contributed by atoms with Gasteiger partial charge in [-0.15, -0.1) is 0 Å². The lowest BCUT2D eigenvalue weighted by Gasteiger charge is -2.40. The van der Waals surface area contributed by atoms with E-state index in [9.17, 15) is 29.7 Å². The zero-order valence-corrected chi connectivity index (χ0v) is 46.3. The Kier molecular flexibility index (Phi) is 46.8. The Morgan fingerprint density at radius 2 is 0.851 bits per heavy atom. The van der Waals surface area contributed by atoms with Crippen LogP contribution in [0.15, 0.2) is 109 Å². The molecule has 0 aromatic carbocycles. The van der Waals surface area contributed by atoms with E-state index in [-0.39, 0.29) is 39.1 Å². The Morgan fingerprint density at radius 3 is 1.34 bits per heavy atom. The van der Waals surface area contributed by atoms with E-state index in [4.69, 9.17) is 23.7 Å². The highest BCUT2D eigenvalue weighted by Gasteiger charge is 2.45. The molecule has 11 heteroatoms. The maximum atomic E-state index is 13.0. The molecular formula is C63H102O11. The van der Waals surface area contributed by atoms with E-state index in [1.54, 1.807) is 6.08 Å². The molecule has 1 unspecified atom stereocenters. The van der Waals surface area contributed by atoms with Gasteiger partial charge in [-0.25, -0.2) is 0 Å². The van der Waals surface area contributed by atoms with Crippen LogP contribution in [0.3, 0.4) is 0 Å². The van der Waals surface area contributed by atoms with Crippen molar-refractivity contribution in [3.8, 4) is 0 Å². The lowest BCUT2D eigenvalue weighted by Crippen LogP contribution is -2.59. The summed E-state index contributed by atoms with van der Waals surface area (Å²) in [6, 6.07) is 0. The number of hydrogen-bond donors (Lipinski definition) is 3. The highest BCUT2D eigenvalue weighted by molar-refractivity contribution is 5.71. The molecule has 420 valence electrons. The Morgan fingerprint density at radius 1 is 0.432 bits per heavy atom. The molecule has 1 fully saturated rings. The minimum Gasteiger partial charge on any atom is -0.463 e. The molecule has 0 spiro atoms. The Hall–Kier alpha value is -4.13. The van der Waals surface area contributed by atoms with E-state index >= 15 is 0 Å². The minimum absolute atomic E-state index is 0.0146. The Labute approximate surface area is 449 Å². The highest BCUT2D eigenvalue weighted by Crippen LogP contribution is 2.24. The van der Waals surface area contributed by atoms with Crippen LogP contribution in [0.5, 0.6) is 0 Å². The van der Waals surface area contributed by atoms with Crippen molar-refractivity contribution in [1.29, 1.82) is 0 Å². The van der Waals surface area contributed by atoms with Gasteiger partial charge in [0.1, 0.15) is 37.6 Å². The van der Waals surface area contributed by atoms with E-state index in [1.165, 1.54) is 70.6 Å². The second-order valence-corrected chi connectivity index (χ2v) is 19.2. The summed E-state index contributed by atoms with van der Waals surface area (Å²) in [7, 11) is 0. The first kappa shape index (κ1) is 67.9. The number of hydrogen-bond acceptors (Lipinski definition) is 11. The van der Waals surface area contributed by atoms with Gasteiger partial charge in [-0.3, -0.25) is 14.4 Å². The van der Waals surface area contributed by atoms with Gasteiger partial charge in [0.15, 0.2) is 12.4 Å². The van der Waals surface area contributed by atoms with Crippen molar-refractivity contribution in [2.45, 2.75) is 250 Å². The average molecular weight is 1040 g/mol. The van der Waals surface area contributed by atoms with Crippen LogP contribution in [0.4, 0.5) is 0 Å². The second kappa shape index (κ2) is 51.0. The van der Waals surface area contributed by atoms with Crippen LogP contribution >= 0.6 is 0 Å². The molecule has 1 rings (SSSR count). The monoisotopic (exact) mass is 1030 g/mol. The fourth-order valence-corrected chi connectivity index (χ4v) is 7.95. The number of allylic oxidation sites excluding steroid dienone is 17. The Bertz CT molecular complexity index is 1640. The van der Waals surface area contributed by atoms with Gasteiger partial charge < -0.3 is 39.0 Å². The molecule has 0 bridgehead atoms. The summed E-state index contributed by atoms with van der Waals surface area (Å²) in [6.45, 7) is 5.49. The SMILES string of the molecule is CC/C=C\C/C=C\C/C=C\C/C=C\C/C=C\CC(=O)OCC(CO[C@@H]1O[C@H](COC(=O)CCCCCCCCCCCCCCCCC)[C@H](O)[C@H](O)[C@H]1O)OC(=O)CCCC/C=C\C/C=C\C/C=C\C/C=C\CC. The lowest BCUT2D eigenvalue weighted by atomic mass is 9.99. The third kappa shape index (κ3) is 41.2. The maximum absolute atomic E-state index is 13.0. The van der Waals surface area contributed by atoms with Crippen LogP contribution in [0.1, 0.15) is 213 Å². The fraction of sp³-hybridized carbons (Fsp3) is 0.667. The molecular weight excluding hydrogens is 933 g/mol. The molecule has 1 saturated heterocycles. The molecule has 0 aliphatic carbocycles. The number of rotatable bonds is 47. The van der Waals surface area contributed by atoms with Crippen molar-refractivity contribution in [1.82, 2.24) is 0 Å². The van der Waals surface area contributed by atoms with Gasteiger partial charge >= 0.3 is 17.9 Å². The van der Waals surface area contributed by atoms with Crippen molar-refractivity contribution < 1.29 is 53.4 Å². The highest BCUT2D eigenvalue weighted by atomic mass is 16.7. The molecule has 0 saturated carbocycles. The van der Waals surface area contributed by atoms with E-state index in [1.807, 2.05) is 12.2 Å². The van der Waals surface area contributed by atoms with Gasteiger partial charge in [0, 0.05) is 12.8 Å². The summed E-state index contributed by atoms with van der Waals surface area (Å²) in [5.74, 6) is -1.47. The van der Waals surface area contributed by atoms with Crippen LogP contribution in [0.25, 0.3) is 0 Å². The summed E-state index contributed by atoms with van der Waals surface area (Å²) in [4.78, 5) is 38.4. The van der Waals surface area contributed by atoms with E-state index < -0.39 is 54.7 Å². The number of ether oxygens (including phenoxy) is 5. The average Bonchev–Trinajstić information content (AvgIpc) is 3.39.